The van der Waals surface area contributed by atoms with Gasteiger partial charge < -0.3 is 19.5 Å². The molecule has 0 aromatic heterocycles. The fourth-order valence-electron chi connectivity index (χ4n) is 6.99. The number of cyclic esters (lactones) is 1. The molecule has 1 unspecified atom stereocenters. The lowest BCUT2D eigenvalue weighted by atomic mass is 9.81. The van der Waals surface area contributed by atoms with Crippen molar-refractivity contribution < 1.29 is 24.2 Å². The van der Waals surface area contributed by atoms with Crippen LogP contribution in [0.2, 0.25) is 0 Å². The number of nitrogens with zero attached hydrogens (tertiary/aromatic N) is 2. The second kappa shape index (κ2) is 28.0. The normalized spacial score (nSPS) is 28.9. The van der Waals surface area contributed by atoms with E-state index in [-0.39, 0.29) is 23.8 Å². The van der Waals surface area contributed by atoms with E-state index in [1.54, 1.807) is 0 Å². The maximum absolute atomic E-state index is 13.4. The van der Waals surface area contributed by atoms with Gasteiger partial charge in [-0.3, -0.25) is 14.5 Å². The van der Waals surface area contributed by atoms with Gasteiger partial charge in [-0.1, -0.05) is 99.1 Å². The molecule has 1 N–H and O–H groups in total. The van der Waals surface area contributed by atoms with Gasteiger partial charge in [-0.15, -0.1) is 0 Å². The van der Waals surface area contributed by atoms with Gasteiger partial charge in [-0.2, -0.15) is 0 Å². The minimum Gasteiger partial charge on any atom is -0.464 e. The molecule has 48 heavy (non-hydrogen) atoms. The minimum absolute atomic E-state index is 0.0625. The van der Waals surface area contributed by atoms with E-state index in [4.69, 9.17) is 14.6 Å². The quantitative estimate of drug-likeness (QED) is 0.246. The Labute approximate surface area is 296 Å². The first-order chi connectivity index (χ1) is 23.0. The molecule has 280 valence electrons. The van der Waals surface area contributed by atoms with E-state index in [9.17, 15) is 9.59 Å². The highest BCUT2D eigenvalue weighted by molar-refractivity contribution is 6.00. The molecule has 7 heteroatoms. The second-order valence-electron chi connectivity index (χ2n) is 13.9. The Morgan fingerprint density at radius 3 is 2.02 bits per heavy atom. The Hall–Kier alpha value is -1.80. The third-order valence-electron chi connectivity index (χ3n) is 9.11. The molecule has 2 fully saturated rings. The van der Waals surface area contributed by atoms with E-state index in [2.05, 4.69) is 68.8 Å². The molecule has 1 aromatic carbocycles. The number of benzene rings is 1. The van der Waals surface area contributed by atoms with E-state index in [0.717, 1.165) is 77.5 Å². The molecule has 0 saturated carbocycles. The van der Waals surface area contributed by atoms with Crippen LogP contribution in [0.15, 0.2) is 30.3 Å². The van der Waals surface area contributed by atoms with Gasteiger partial charge in [-0.25, -0.2) is 0 Å². The summed E-state index contributed by atoms with van der Waals surface area (Å²) < 4.78 is 10.8. The Kier molecular flexibility index (Phi) is 26.9. The number of carbonyl (C=O) groups is 2. The zero-order chi connectivity index (χ0) is 36.5. The van der Waals surface area contributed by atoms with Crippen LogP contribution in [0.25, 0.3) is 0 Å². The molecule has 2 aliphatic rings. The van der Waals surface area contributed by atoms with Crippen molar-refractivity contribution in [3.63, 3.8) is 0 Å². The summed E-state index contributed by atoms with van der Waals surface area (Å²) >= 11 is 0. The summed E-state index contributed by atoms with van der Waals surface area (Å²) in [5.41, 5.74) is 1.27. The summed E-state index contributed by atoms with van der Waals surface area (Å²) in [7, 11) is 2.23. The summed E-state index contributed by atoms with van der Waals surface area (Å²) in [5.74, 6) is 0.763. The standard InChI is InChI=1S/C30H50N2O3.C7H14O2.2C2H6/c1-6-13-28-29(33)27(7-2)21-24(3)20-25(4)22-31(5)16-11-12-17-32(18-19-35-30(28)34)23-26-14-9-8-10-15-26;1-5-3-6(2)9-7(8)4-5;2*1-2/h8-10,14-15,24-25,27-28H,6-7,11-13,16-23H2,1-5H3;5-8H,3-4H2,1-2H3;2*1-2H3/t24-,25-,27-,28?;5-,6+,7+;;/m10../s1. The smallest absolute Gasteiger partial charge is 0.316 e. The molecule has 0 amide bonds. The number of carbonyl (C=O) groups excluding carboxylic acids is 2. The number of ketones is 1. The van der Waals surface area contributed by atoms with Gasteiger partial charge in [0.2, 0.25) is 0 Å². The molecule has 1 aromatic rings. The number of hydrogen-bond acceptors (Lipinski definition) is 7. The molecular weight excluding hydrogens is 600 g/mol. The lowest BCUT2D eigenvalue weighted by molar-refractivity contribution is -0.169. The number of rotatable bonds is 5. The molecule has 0 bridgehead atoms. The minimum atomic E-state index is -0.623. The Morgan fingerprint density at radius 2 is 1.44 bits per heavy atom. The molecule has 0 aliphatic carbocycles. The van der Waals surface area contributed by atoms with Crippen LogP contribution in [0.4, 0.5) is 0 Å². The molecule has 0 radical (unpaired) electrons. The fourth-order valence-corrected chi connectivity index (χ4v) is 6.99. The van der Waals surface area contributed by atoms with E-state index in [1.165, 1.54) is 5.56 Å². The van der Waals surface area contributed by atoms with Crippen LogP contribution < -0.4 is 0 Å². The Bertz CT molecular complexity index is 904. The highest BCUT2D eigenvalue weighted by atomic mass is 16.6. The van der Waals surface area contributed by atoms with E-state index >= 15 is 0 Å². The highest BCUT2D eigenvalue weighted by Crippen LogP contribution is 2.27. The van der Waals surface area contributed by atoms with Gasteiger partial charge in [0.15, 0.2) is 6.29 Å². The summed E-state index contributed by atoms with van der Waals surface area (Å²) in [6, 6.07) is 10.5. The van der Waals surface area contributed by atoms with Crippen LogP contribution in [-0.4, -0.2) is 78.9 Å². The number of ether oxygens (including phenoxy) is 2. The third kappa shape index (κ3) is 20.0. The summed E-state index contributed by atoms with van der Waals surface area (Å²) in [6.07, 6.45) is 8.03. The molecule has 2 saturated heterocycles. The molecule has 7 atom stereocenters. The SMILES string of the molecule is CC.CC.CCCC1C(=O)OCCN(Cc2ccccc2)CCCCN(C)C[C@H](C)C[C@@H](C)C[C@@H](CC)C1=O.C[C@H]1C[C@@H](C)O[C@@H](O)C1. The van der Waals surface area contributed by atoms with Crippen LogP contribution in [0.1, 0.15) is 133 Å². The van der Waals surface area contributed by atoms with Gasteiger partial charge in [0.1, 0.15) is 18.3 Å². The topological polar surface area (TPSA) is 79.3 Å². The number of esters is 1. The number of aliphatic hydroxyl groups is 1. The van der Waals surface area contributed by atoms with Gasteiger partial charge in [-0.05, 0) is 95.3 Å². The van der Waals surface area contributed by atoms with Crippen molar-refractivity contribution in [2.45, 2.75) is 146 Å². The average molecular weight is 677 g/mol. The van der Waals surface area contributed by atoms with Crippen molar-refractivity contribution in [1.29, 1.82) is 0 Å². The lowest BCUT2D eigenvalue weighted by Crippen LogP contribution is -2.35. The Morgan fingerprint density at radius 1 is 0.812 bits per heavy atom. The predicted molar refractivity (Wildman–Crippen MR) is 202 cm³/mol. The molecule has 3 rings (SSSR count). The zero-order valence-corrected chi connectivity index (χ0v) is 33.0. The average Bonchev–Trinajstić information content (AvgIpc) is 3.05. The van der Waals surface area contributed by atoms with Gasteiger partial charge in [0.25, 0.3) is 0 Å². The van der Waals surface area contributed by atoms with Crippen LogP contribution in [0.3, 0.4) is 0 Å². The molecule has 2 heterocycles. The van der Waals surface area contributed by atoms with E-state index in [1.807, 2.05) is 47.6 Å². The zero-order valence-electron chi connectivity index (χ0n) is 33.0. The predicted octanol–water partition coefficient (Wildman–Crippen LogP) is 9.01. The summed E-state index contributed by atoms with van der Waals surface area (Å²) in [5, 5.41) is 9.03. The summed E-state index contributed by atoms with van der Waals surface area (Å²) in [4.78, 5) is 31.3. The number of Topliss-reactive ketones (excluding diaryl/α,β-unsaturated/α-hetero) is 1. The van der Waals surface area contributed by atoms with Crippen LogP contribution in [0.5, 0.6) is 0 Å². The molecule has 2 aliphatic heterocycles. The van der Waals surface area contributed by atoms with Crippen molar-refractivity contribution in [2.24, 2.45) is 29.6 Å². The number of hydrogen-bond donors (Lipinski definition) is 1. The van der Waals surface area contributed by atoms with Crippen molar-refractivity contribution in [1.82, 2.24) is 9.80 Å². The van der Waals surface area contributed by atoms with Gasteiger partial charge in [0.05, 0.1) is 6.10 Å². The second-order valence-corrected chi connectivity index (χ2v) is 13.9. The van der Waals surface area contributed by atoms with Gasteiger partial charge in [0, 0.05) is 32.0 Å². The first kappa shape index (κ1) is 46.2. The van der Waals surface area contributed by atoms with Crippen molar-refractivity contribution in [3.05, 3.63) is 35.9 Å². The highest BCUT2D eigenvalue weighted by Gasteiger charge is 2.33. The third-order valence-corrected chi connectivity index (χ3v) is 9.11. The first-order valence-corrected chi connectivity index (χ1v) is 19.5. The maximum Gasteiger partial charge on any atom is 0.316 e. The van der Waals surface area contributed by atoms with Crippen LogP contribution in [-0.2, 0) is 25.6 Å². The van der Waals surface area contributed by atoms with Crippen molar-refractivity contribution in [3.8, 4) is 0 Å². The largest absolute Gasteiger partial charge is 0.464 e. The first-order valence-electron chi connectivity index (χ1n) is 19.5. The fraction of sp³-hybridized carbons (Fsp3) is 0.805. The monoisotopic (exact) mass is 677 g/mol. The van der Waals surface area contributed by atoms with E-state index in [0.29, 0.717) is 37.3 Å². The lowest BCUT2D eigenvalue weighted by Gasteiger charge is -2.28. The maximum atomic E-state index is 13.4. The molecule has 7 nitrogen and oxygen atoms in total. The van der Waals surface area contributed by atoms with Crippen LogP contribution in [0, 0.1) is 29.6 Å². The van der Waals surface area contributed by atoms with Crippen LogP contribution >= 0.6 is 0 Å². The van der Waals surface area contributed by atoms with Crippen molar-refractivity contribution in [2.75, 3.05) is 39.8 Å². The molecule has 0 spiro atoms. The summed E-state index contributed by atoms with van der Waals surface area (Å²) in [6.45, 7) is 25.9. The number of aliphatic hydroxyl groups excluding tert-OH is 1. The van der Waals surface area contributed by atoms with Crippen molar-refractivity contribution >= 4 is 11.8 Å². The van der Waals surface area contributed by atoms with E-state index < -0.39 is 12.2 Å². The van der Waals surface area contributed by atoms with Gasteiger partial charge >= 0.3 is 5.97 Å². The Balaban J connectivity index is 0.00000143. The molecular formula is C41H76N2O5.